The quantitative estimate of drug-likeness (QED) is 0.858. The Hall–Kier alpha value is -2.28. The molecule has 1 aromatic carbocycles. The normalized spacial score (nSPS) is 24.6. The Labute approximate surface area is 166 Å². The van der Waals surface area contributed by atoms with E-state index in [1.807, 2.05) is 51.1 Å². The van der Waals surface area contributed by atoms with Gasteiger partial charge >= 0.3 is 12.2 Å². The molecule has 154 valence electrons. The minimum absolute atomic E-state index is 0.0230. The molecule has 7 nitrogen and oxygen atoms in total. The Balaban J connectivity index is 1.59. The number of amides is 2. The fourth-order valence-corrected chi connectivity index (χ4v) is 4.09. The van der Waals surface area contributed by atoms with Crippen molar-refractivity contribution in [1.29, 1.82) is 0 Å². The SMILES string of the molecule is CC(C)(C)OC(=O)N1[C@H](CO)C[C@@H]2CN(C(=O)OCc3ccccc3)CC[C@@H]21. The van der Waals surface area contributed by atoms with Crippen LogP contribution < -0.4 is 0 Å². The monoisotopic (exact) mass is 390 g/mol. The number of hydrogen-bond acceptors (Lipinski definition) is 5. The molecule has 7 heteroatoms. The minimum Gasteiger partial charge on any atom is -0.445 e. The lowest BCUT2D eigenvalue weighted by molar-refractivity contribution is 0.00151. The summed E-state index contributed by atoms with van der Waals surface area (Å²) >= 11 is 0. The van der Waals surface area contributed by atoms with Crippen LogP contribution in [0.4, 0.5) is 9.59 Å². The second kappa shape index (κ2) is 8.39. The molecule has 0 saturated carbocycles. The Kier molecular flexibility index (Phi) is 6.13. The van der Waals surface area contributed by atoms with E-state index in [4.69, 9.17) is 9.47 Å². The highest BCUT2D eigenvalue weighted by Crippen LogP contribution is 2.36. The Morgan fingerprint density at radius 1 is 1.18 bits per heavy atom. The number of hydrogen-bond donors (Lipinski definition) is 1. The first-order valence-corrected chi connectivity index (χ1v) is 9.86. The first kappa shape index (κ1) is 20.5. The van der Waals surface area contributed by atoms with Gasteiger partial charge in [0.25, 0.3) is 0 Å². The highest BCUT2D eigenvalue weighted by atomic mass is 16.6. The topological polar surface area (TPSA) is 79.3 Å². The number of aliphatic hydroxyl groups is 1. The summed E-state index contributed by atoms with van der Waals surface area (Å²) in [5, 5.41) is 9.76. The molecule has 2 aliphatic rings. The second-order valence-electron chi connectivity index (χ2n) is 8.56. The summed E-state index contributed by atoms with van der Waals surface area (Å²) in [4.78, 5) is 28.5. The number of piperidine rings is 1. The van der Waals surface area contributed by atoms with Crippen molar-refractivity contribution in [3.63, 3.8) is 0 Å². The molecule has 0 aromatic heterocycles. The van der Waals surface area contributed by atoms with Gasteiger partial charge in [0.1, 0.15) is 12.2 Å². The molecule has 0 aliphatic carbocycles. The van der Waals surface area contributed by atoms with Gasteiger partial charge < -0.3 is 19.5 Å². The maximum atomic E-state index is 12.6. The molecule has 2 saturated heterocycles. The molecule has 1 aromatic rings. The summed E-state index contributed by atoms with van der Waals surface area (Å²) in [6.45, 7) is 6.67. The summed E-state index contributed by atoms with van der Waals surface area (Å²) in [6.07, 6.45) is 0.585. The van der Waals surface area contributed by atoms with Gasteiger partial charge in [-0.05, 0) is 45.1 Å². The molecule has 0 radical (unpaired) electrons. The van der Waals surface area contributed by atoms with E-state index in [-0.39, 0.29) is 43.4 Å². The average Bonchev–Trinajstić information content (AvgIpc) is 3.03. The van der Waals surface area contributed by atoms with Crippen molar-refractivity contribution in [2.24, 2.45) is 5.92 Å². The van der Waals surface area contributed by atoms with Crippen molar-refractivity contribution in [2.45, 2.75) is 57.9 Å². The molecular formula is C21H30N2O5. The summed E-state index contributed by atoms with van der Waals surface area (Å²) in [7, 11) is 0. The van der Waals surface area contributed by atoms with E-state index in [0.717, 1.165) is 5.56 Å². The molecule has 2 fully saturated rings. The minimum atomic E-state index is -0.586. The van der Waals surface area contributed by atoms with Gasteiger partial charge in [0.15, 0.2) is 0 Å². The lowest BCUT2D eigenvalue weighted by atomic mass is 9.92. The van der Waals surface area contributed by atoms with Gasteiger partial charge in [-0.1, -0.05) is 30.3 Å². The van der Waals surface area contributed by atoms with E-state index in [9.17, 15) is 14.7 Å². The van der Waals surface area contributed by atoms with Crippen LogP contribution in [0.15, 0.2) is 30.3 Å². The molecule has 0 unspecified atom stereocenters. The number of benzene rings is 1. The van der Waals surface area contributed by atoms with Crippen molar-refractivity contribution in [3.05, 3.63) is 35.9 Å². The fraction of sp³-hybridized carbons (Fsp3) is 0.619. The first-order valence-electron chi connectivity index (χ1n) is 9.86. The fourth-order valence-electron chi connectivity index (χ4n) is 4.09. The lowest BCUT2D eigenvalue weighted by Crippen LogP contribution is -2.51. The summed E-state index contributed by atoms with van der Waals surface area (Å²) < 4.78 is 11.0. The van der Waals surface area contributed by atoms with E-state index in [1.165, 1.54) is 0 Å². The van der Waals surface area contributed by atoms with E-state index in [0.29, 0.717) is 25.9 Å². The molecule has 2 heterocycles. The Morgan fingerprint density at radius 3 is 2.54 bits per heavy atom. The molecule has 0 spiro atoms. The van der Waals surface area contributed by atoms with Crippen LogP contribution in [0.5, 0.6) is 0 Å². The van der Waals surface area contributed by atoms with Gasteiger partial charge in [0.2, 0.25) is 0 Å². The number of ether oxygens (including phenoxy) is 2. The van der Waals surface area contributed by atoms with Gasteiger partial charge in [-0.2, -0.15) is 0 Å². The van der Waals surface area contributed by atoms with Crippen LogP contribution >= 0.6 is 0 Å². The van der Waals surface area contributed by atoms with Crippen LogP contribution in [0.2, 0.25) is 0 Å². The highest BCUT2D eigenvalue weighted by molar-refractivity contribution is 5.70. The maximum Gasteiger partial charge on any atom is 0.410 e. The number of carbonyl (C=O) groups excluding carboxylic acids is 2. The van der Waals surface area contributed by atoms with E-state index < -0.39 is 5.60 Å². The Bertz CT molecular complexity index is 688. The van der Waals surface area contributed by atoms with Crippen molar-refractivity contribution in [1.82, 2.24) is 9.80 Å². The molecule has 3 atom stereocenters. The van der Waals surface area contributed by atoms with Crippen molar-refractivity contribution in [3.8, 4) is 0 Å². The summed E-state index contributed by atoms with van der Waals surface area (Å²) in [5.41, 5.74) is 0.361. The standard InChI is InChI=1S/C21H30N2O5/c1-21(2,3)28-20(26)23-17(13-24)11-16-12-22(10-9-18(16)23)19(25)27-14-15-7-5-4-6-8-15/h4-8,16-18,24H,9-14H2,1-3H3/t16-,17+,18+/m1/s1. The third-order valence-electron chi connectivity index (χ3n) is 5.30. The molecule has 0 bridgehead atoms. The predicted octanol–water partition coefficient (Wildman–Crippen LogP) is 3.02. The van der Waals surface area contributed by atoms with Crippen molar-refractivity contribution >= 4 is 12.2 Å². The number of rotatable bonds is 3. The van der Waals surface area contributed by atoms with Crippen molar-refractivity contribution < 1.29 is 24.2 Å². The van der Waals surface area contributed by atoms with Gasteiger partial charge in [0, 0.05) is 19.1 Å². The summed E-state index contributed by atoms with van der Waals surface area (Å²) in [5.74, 6) is 0.114. The number of nitrogens with zero attached hydrogens (tertiary/aromatic N) is 2. The van der Waals surface area contributed by atoms with Crippen LogP contribution in [0, 0.1) is 5.92 Å². The molecule has 28 heavy (non-hydrogen) atoms. The van der Waals surface area contributed by atoms with Gasteiger partial charge in [-0.25, -0.2) is 9.59 Å². The largest absolute Gasteiger partial charge is 0.445 e. The van der Waals surface area contributed by atoms with Crippen LogP contribution in [0.25, 0.3) is 0 Å². The van der Waals surface area contributed by atoms with Crippen LogP contribution in [-0.4, -0.2) is 64.5 Å². The summed E-state index contributed by atoms with van der Waals surface area (Å²) in [6, 6.07) is 9.28. The molecule has 2 amide bonds. The molecular weight excluding hydrogens is 360 g/mol. The van der Waals surface area contributed by atoms with Crippen LogP contribution in [0.3, 0.4) is 0 Å². The zero-order valence-corrected chi connectivity index (χ0v) is 16.8. The zero-order chi connectivity index (χ0) is 20.3. The first-order chi connectivity index (χ1) is 13.3. The van der Waals surface area contributed by atoms with Gasteiger partial charge in [-0.3, -0.25) is 4.90 Å². The van der Waals surface area contributed by atoms with Crippen molar-refractivity contribution in [2.75, 3.05) is 19.7 Å². The molecule has 3 rings (SSSR count). The van der Waals surface area contributed by atoms with Gasteiger partial charge in [0.05, 0.1) is 12.6 Å². The zero-order valence-electron chi connectivity index (χ0n) is 16.8. The number of likely N-dealkylation sites (tertiary alicyclic amines) is 2. The van der Waals surface area contributed by atoms with Crippen LogP contribution in [-0.2, 0) is 16.1 Å². The highest BCUT2D eigenvalue weighted by Gasteiger charge is 2.48. The smallest absolute Gasteiger partial charge is 0.410 e. The number of aliphatic hydroxyl groups excluding tert-OH is 1. The average molecular weight is 390 g/mol. The predicted molar refractivity (Wildman–Crippen MR) is 104 cm³/mol. The lowest BCUT2D eigenvalue weighted by Gasteiger charge is -2.38. The third kappa shape index (κ3) is 4.76. The van der Waals surface area contributed by atoms with Crippen LogP contribution in [0.1, 0.15) is 39.2 Å². The molecule has 2 aliphatic heterocycles. The van der Waals surface area contributed by atoms with E-state index in [1.54, 1.807) is 9.80 Å². The Morgan fingerprint density at radius 2 is 1.89 bits per heavy atom. The number of fused-ring (bicyclic) bond motifs is 1. The molecule has 1 N–H and O–H groups in total. The van der Waals surface area contributed by atoms with E-state index >= 15 is 0 Å². The third-order valence-corrected chi connectivity index (χ3v) is 5.30. The van der Waals surface area contributed by atoms with E-state index in [2.05, 4.69) is 0 Å². The maximum absolute atomic E-state index is 12.6. The van der Waals surface area contributed by atoms with Gasteiger partial charge in [-0.15, -0.1) is 0 Å². The number of carbonyl (C=O) groups is 2. The second-order valence-corrected chi connectivity index (χ2v) is 8.56.